The van der Waals surface area contributed by atoms with Crippen LogP contribution in [0, 0.1) is 0 Å². The van der Waals surface area contributed by atoms with E-state index in [0.29, 0.717) is 16.8 Å². The summed E-state index contributed by atoms with van der Waals surface area (Å²) in [6, 6.07) is 5.22. The lowest BCUT2D eigenvalue weighted by atomic mass is 9.94. The van der Waals surface area contributed by atoms with Crippen molar-refractivity contribution in [2.75, 3.05) is 18.4 Å². The molecule has 3 rings (SSSR count). The van der Waals surface area contributed by atoms with Gasteiger partial charge in [-0.2, -0.15) is 5.10 Å². The molecular weight excluding hydrogens is 314 g/mol. The molecule has 2 aromatic heterocycles. The number of piperidine rings is 1. The zero-order valence-electron chi connectivity index (χ0n) is 13.0. The van der Waals surface area contributed by atoms with E-state index in [-0.39, 0.29) is 11.9 Å². The number of pyridine rings is 1. The fraction of sp³-hybridized carbons (Fsp3) is 0.438. The highest BCUT2D eigenvalue weighted by Gasteiger charge is 2.28. The van der Waals surface area contributed by atoms with Crippen LogP contribution in [0.2, 0.25) is 5.02 Å². The first kappa shape index (κ1) is 16.0. The molecule has 0 bridgehead atoms. The minimum atomic E-state index is -0.210. The Labute approximate surface area is 140 Å². The molecule has 1 fully saturated rings. The number of hydrogen-bond donors (Lipinski definition) is 2. The Morgan fingerprint density at radius 2 is 2.35 bits per heavy atom. The van der Waals surface area contributed by atoms with Crippen molar-refractivity contribution in [2.45, 2.75) is 31.7 Å². The second kappa shape index (κ2) is 7.10. The molecular formula is C16H20ClN5O. The summed E-state index contributed by atoms with van der Waals surface area (Å²) in [7, 11) is 0. The number of amides is 1. The van der Waals surface area contributed by atoms with Crippen molar-refractivity contribution >= 4 is 23.3 Å². The average molecular weight is 334 g/mol. The molecule has 0 radical (unpaired) electrons. The molecule has 6 nitrogen and oxygen atoms in total. The number of carbonyl (C=O) groups is 1. The molecule has 0 spiro atoms. The van der Waals surface area contributed by atoms with Gasteiger partial charge in [-0.3, -0.25) is 14.8 Å². The molecule has 0 aliphatic carbocycles. The lowest BCUT2D eigenvalue weighted by Gasteiger charge is -2.35. The van der Waals surface area contributed by atoms with Crippen LogP contribution >= 0.6 is 11.6 Å². The summed E-state index contributed by atoms with van der Waals surface area (Å²) in [5.41, 5.74) is 1.14. The van der Waals surface area contributed by atoms with Gasteiger partial charge >= 0.3 is 0 Å². The third kappa shape index (κ3) is 3.89. The summed E-state index contributed by atoms with van der Waals surface area (Å²) in [5.74, 6) is 0.869. The van der Waals surface area contributed by atoms with Crippen molar-refractivity contribution < 1.29 is 4.79 Å². The van der Waals surface area contributed by atoms with Crippen LogP contribution < -0.4 is 5.32 Å². The van der Waals surface area contributed by atoms with Crippen molar-refractivity contribution in [2.24, 2.45) is 0 Å². The molecule has 1 amide bonds. The highest BCUT2D eigenvalue weighted by molar-refractivity contribution is 6.30. The van der Waals surface area contributed by atoms with E-state index in [9.17, 15) is 4.79 Å². The molecule has 2 atom stereocenters. The van der Waals surface area contributed by atoms with Crippen LogP contribution in [0.4, 0.5) is 5.82 Å². The topological polar surface area (TPSA) is 73.9 Å². The molecule has 2 N–H and O–H groups in total. The van der Waals surface area contributed by atoms with Gasteiger partial charge in [0.2, 0.25) is 5.91 Å². The maximum atomic E-state index is 12.4. The van der Waals surface area contributed by atoms with Gasteiger partial charge in [0.05, 0.1) is 11.1 Å². The number of aromatic amines is 1. The Kier molecular flexibility index (Phi) is 4.93. The predicted octanol–water partition coefficient (Wildman–Crippen LogP) is 2.66. The van der Waals surface area contributed by atoms with E-state index < -0.39 is 0 Å². The standard InChI is InChI=1S/C16H20ClN5O/c1-11(16(23)20-15-5-4-13(17)9-18-15)22-8-2-3-12(10-22)14-6-7-19-21-14/h4-7,9,11-12H,2-3,8,10H2,1H3,(H,19,21)(H,18,20,23)/t11-,12+/m0/s1. The Balaban J connectivity index is 1.61. The Morgan fingerprint density at radius 1 is 1.48 bits per heavy atom. The number of aromatic nitrogens is 3. The minimum Gasteiger partial charge on any atom is -0.309 e. The highest BCUT2D eigenvalue weighted by atomic mass is 35.5. The number of carbonyl (C=O) groups excluding carboxylic acids is 1. The normalized spacial score (nSPS) is 20.2. The first-order valence-electron chi connectivity index (χ1n) is 7.79. The zero-order chi connectivity index (χ0) is 16.2. The third-order valence-electron chi connectivity index (χ3n) is 4.32. The van der Waals surface area contributed by atoms with Gasteiger partial charge in [0, 0.05) is 30.6 Å². The lowest BCUT2D eigenvalue weighted by Crippen LogP contribution is -2.46. The minimum absolute atomic E-state index is 0.0508. The molecule has 122 valence electrons. The Hall–Kier alpha value is -1.92. The summed E-state index contributed by atoms with van der Waals surface area (Å²) < 4.78 is 0. The molecule has 3 heterocycles. The highest BCUT2D eigenvalue weighted by Crippen LogP contribution is 2.26. The number of halogens is 1. The monoisotopic (exact) mass is 333 g/mol. The molecule has 1 aliphatic heterocycles. The van der Waals surface area contributed by atoms with E-state index in [1.54, 1.807) is 18.3 Å². The first-order chi connectivity index (χ1) is 11.1. The maximum absolute atomic E-state index is 12.4. The molecule has 1 saturated heterocycles. The average Bonchev–Trinajstić information content (AvgIpc) is 3.11. The van der Waals surface area contributed by atoms with E-state index >= 15 is 0 Å². The van der Waals surface area contributed by atoms with Gasteiger partial charge in [-0.05, 0) is 44.5 Å². The van der Waals surface area contributed by atoms with Gasteiger partial charge in [0.1, 0.15) is 5.82 Å². The van der Waals surface area contributed by atoms with Crippen molar-refractivity contribution in [1.29, 1.82) is 0 Å². The van der Waals surface area contributed by atoms with E-state index in [4.69, 9.17) is 11.6 Å². The van der Waals surface area contributed by atoms with Crippen molar-refractivity contribution in [3.8, 4) is 0 Å². The zero-order valence-corrected chi connectivity index (χ0v) is 13.8. The lowest BCUT2D eigenvalue weighted by molar-refractivity contribution is -0.121. The van der Waals surface area contributed by atoms with Crippen molar-refractivity contribution in [3.05, 3.63) is 41.3 Å². The quantitative estimate of drug-likeness (QED) is 0.902. The summed E-state index contributed by atoms with van der Waals surface area (Å²) in [5, 5.41) is 10.5. The van der Waals surface area contributed by atoms with E-state index in [2.05, 4.69) is 25.4 Å². The molecule has 0 saturated carbocycles. The second-order valence-corrected chi connectivity index (χ2v) is 6.31. The van der Waals surface area contributed by atoms with Gasteiger partial charge < -0.3 is 5.32 Å². The van der Waals surface area contributed by atoms with Gasteiger partial charge in [-0.25, -0.2) is 4.98 Å². The van der Waals surface area contributed by atoms with Crippen LogP contribution in [0.15, 0.2) is 30.6 Å². The molecule has 2 aromatic rings. The number of rotatable bonds is 4. The number of likely N-dealkylation sites (tertiary alicyclic amines) is 1. The summed E-state index contributed by atoms with van der Waals surface area (Å²) in [6.45, 7) is 3.71. The Bertz CT molecular complexity index is 643. The van der Waals surface area contributed by atoms with Crippen LogP contribution in [-0.2, 0) is 4.79 Å². The fourth-order valence-electron chi connectivity index (χ4n) is 2.95. The summed E-state index contributed by atoms with van der Waals surface area (Å²) in [4.78, 5) is 18.8. The number of H-pyrrole nitrogens is 1. The van der Waals surface area contributed by atoms with Crippen LogP contribution in [0.5, 0.6) is 0 Å². The number of nitrogens with zero attached hydrogens (tertiary/aromatic N) is 3. The second-order valence-electron chi connectivity index (χ2n) is 5.87. The van der Waals surface area contributed by atoms with Gasteiger partial charge in [0.25, 0.3) is 0 Å². The van der Waals surface area contributed by atoms with Crippen LogP contribution in [0.3, 0.4) is 0 Å². The SMILES string of the molecule is C[C@@H](C(=O)Nc1ccc(Cl)cn1)N1CCC[C@@H](c2ccn[nH]2)C1. The van der Waals surface area contributed by atoms with Crippen LogP contribution in [-0.4, -0.2) is 45.1 Å². The summed E-state index contributed by atoms with van der Waals surface area (Å²) >= 11 is 5.81. The fourth-order valence-corrected chi connectivity index (χ4v) is 3.06. The number of hydrogen-bond acceptors (Lipinski definition) is 4. The van der Waals surface area contributed by atoms with Gasteiger partial charge in [-0.15, -0.1) is 0 Å². The van der Waals surface area contributed by atoms with E-state index in [1.807, 2.05) is 13.0 Å². The van der Waals surface area contributed by atoms with Gasteiger partial charge in [0.15, 0.2) is 0 Å². The van der Waals surface area contributed by atoms with E-state index in [0.717, 1.165) is 31.6 Å². The smallest absolute Gasteiger partial charge is 0.242 e. The molecule has 0 unspecified atom stereocenters. The van der Waals surface area contributed by atoms with Crippen LogP contribution in [0.25, 0.3) is 0 Å². The molecule has 23 heavy (non-hydrogen) atoms. The van der Waals surface area contributed by atoms with Crippen LogP contribution in [0.1, 0.15) is 31.4 Å². The largest absolute Gasteiger partial charge is 0.309 e. The predicted molar refractivity (Wildman–Crippen MR) is 89.5 cm³/mol. The number of nitrogens with one attached hydrogen (secondary N) is 2. The number of anilines is 1. The molecule has 7 heteroatoms. The molecule has 0 aromatic carbocycles. The van der Waals surface area contributed by atoms with E-state index in [1.165, 1.54) is 6.20 Å². The van der Waals surface area contributed by atoms with Crippen molar-refractivity contribution in [3.63, 3.8) is 0 Å². The third-order valence-corrected chi connectivity index (χ3v) is 4.54. The molecule has 1 aliphatic rings. The Morgan fingerprint density at radius 3 is 3.04 bits per heavy atom. The van der Waals surface area contributed by atoms with Crippen molar-refractivity contribution in [1.82, 2.24) is 20.1 Å². The first-order valence-corrected chi connectivity index (χ1v) is 8.17. The van der Waals surface area contributed by atoms with Gasteiger partial charge in [-0.1, -0.05) is 11.6 Å². The maximum Gasteiger partial charge on any atom is 0.242 e. The summed E-state index contributed by atoms with van der Waals surface area (Å²) in [6.07, 6.45) is 5.49.